The van der Waals surface area contributed by atoms with Crippen LogP contribution in [0.2, 0.25) is 0 Å². The number of carbonyl (C=O) groups is 2. The monoisotopic (exact) mass is 285 g/mol. The van der Waals surface area contributed by atoms with E-state index >= 15 is 0 Å². The van der Waals surface area contributed by atoms with Crippen molar-refractivity contribution in [1.82, 2.24) is 0 Å². The van der Waals surface area contributed by atoms with Gasteiger partial charge in [0.05, 0.1) is 17.9 Å². The number of benzene rings is 1. The molecule has 0 spiro atoms. The molecule has 0 aliphatic rings. The van der Waals surface area contributed by atoms with Crippen molar-refractivity contribution >= 4 is 11.8 Å². The zero-order chi connectivity index (χ0) is 15.3. The summed E-state index contributed by atoms with van der Waals surface area (Å²) >= 11 is 0. The fourth-order valence-electron chi connectivity index (χ4n) is 2.04. The third-order valence-corrected chi connectivity index (χ3v) is 3.10. The minimum Gasteiger partial charge on any atom is -0.481 e. The summed E-state index contributed by atoms with van der Waals surface area (Å²) in [6, 6.07) is 7.24. The van der Waals surface area contributed by atoms with Gasteiger partial charge in [-0.1, -0.05) is 30.3 Å². The van der Waals surface area contributed by atoms with E-state index in [4.69, 9.17) is 10.8 Å². The maximum atomic E-state index is 13.1. The molecule has 1 aromatic carbocycles. The van der Waals surface area contributed by atoms with Crippen LogP contribution in [-0.4, -0.2) is 29.3 Å². The summed E-state index contributed by atoms with van der Waals surface area (Å²) < 4.78 is 26.2. The van der Waals surface area contributed by atoms with Gasteiger partial charge in [0.2, 0.25) is 6.43 Å². The number of halogens is 2. The zero-order valence-corrected chi connectivity index (χ0v) is 11.0. The minimum absolute atomic E-state index is 0.135. The smallest absolute Gasteiger partial charge is 0.307 e. The first kappa shape index (κ1) is 16.2. The standard InChI is InChI=1S/C14H17F2NO3/c1-8(17)12(18)11(13(15)16)10(14(19)20)7-9-5-3-2-4-6-9/h2-6,8,10-11,13H,7,17H2,1H3,(H,19,20). The first-order valence-corrected chi connectivity index (χ1v) is 6.18. The van der Waals surface area contributed by atoms with Gasteiger partial charge in [-0.05, 0) is 18.9 Å². The molecule has 110 valence electrons. The van der Waals surface area contributed by atoms with Crippen molar-refractivity contribution in [2.45, 2.75) is 25.8 Å². The Morgan fingerprint density at radius 3 is 2.20 bits per heavy atom. The normalized spacial score (nSPS) is 15.7. The van der Waals surface area contributed by atoms with Crippen LogP contribution in [0.3, 0.4) is 0 Å². The number of carbonyl (C=O) groups excluding carboxylic acids is 1. The van der Waals surface area contributed by atoms with Gasteiger partial charge in [0.25, 0.3) is 0 Å². The second-order valence-corrected chi connectivity index (χ2v) is 4.69. The molecule has 6 heteroatoms. The van der Waals surface area contributed by atoms with Gasteiger partial charge < -0.3 is 10.8 Å². The predicted octanol–water partition coefficient (Wildman–Crippen LogP) is 1.73. The number of ketones is 1. The van der Waals surface area contributed by atoms with E-state index in [9.17, 15) is 18.4 Å². The van der Waals surface area contributed by atoms with E-state index in [1.807, 2.05) is 0 Å². The minimum atomic E-state index is -3.06. The molecule has 0 aliphatic carbocycles. The Balaban J connectivity index is 3.03. The molecule has 20 heavy (non-hydrogen) atoms. The van der Waals surface area contributed by atoms with Crippen LogP contribution in [0.25, 0.3) is 0 Å². The van der Waals surface area contributed by atoms with Gasteiger partial charge in [-0.15, -0.1) is 0 Å². The van der Waals surface area contributed by atoms with Gasteiger partial charge in [-0.25, -0.2) is 8.78 Å². The molecule has 0 saturated heterocycles. The fourth-order valence-corrected chi connectivity index (χ4v) is 2.04. The molecule has 1 rings (SSSR count). The lowest BCUT2D eigenvalue weighted by atomic mass is 9.82. The number of carboxylic acid groups (broad SMARTS) is 1. The number of hydrogen-bond donors (Lipinski definition) is 2. The Morgan fingerprint density at radius 2 is 1.80 bits per heavy atom. The lowest BCUT2D eigenvalue weighted by Crippen LogP contribution is -2.43. The SMILES string of the molecule is CC(N)C(=O)C(C(F)F)C(Cc1ccccc1)C(=O)O. The highest BCUT2D eigenvalue weighted by molar-refractivity contribution is 5.90. The molecule has 0 aliphatic heterocycles. The van der Waals surface area contributed by atoms with Crippen molar-refractivity contribution < 1.29 is 23.5 Å². The fraction of sp³-hybridized carbons (Fsp3) is 0.429. The topological polar surface area (TPSA) is 80.4 Å². The van der Waals surface area contributed by atoms with Crippen LogP contribution in [0.1, 0.15) is 12.5 Å². The summed E-state index contributed by atoms with van der Waals surface area (Å²) in [7, 11) is 0. The zero-order valence-electron chi connectivity index (χ0n) is 11.0. The van der Waals surface area contributed by atoms with E-state index < -0.39 is 36.1 Å². The molecule has 1 aromatic rings. The Kier molecular flexibility index (Phi) is 5.76. The molecule has 0 heterocycles. The van der Waals surface area contributed by atoms with Gasteiger partial charge in [0.1, 0.15) is 0 Å². The quantitative estimate of drug-likeness (QED) is 0.799. The van der Waals surface area contributed by atoms with Crippen molar-refractivity contribution in [2.75, 3.05) is 0 Å². The van der Waals surface area contributed by atoms with Crippen molar-refractivity contribution in [3.63, 3.8) is 0 Å². The summed E-state index contributed by atoms with van der Waals surface area (Å²) in [4.78, 5) is 23.0. The third-order valence-electron chi connectivity index (χ3n) is 3.10. The van der Waals surface area contributed by atoms with Crippen molar-refractivity contribution in [1.29, 1.82) is 0 Å². The molecule has 0 aromatic heterocycles. The largest absolute Gasteiger partial charge is 0.481 e. The van der Waals surface area contributed by atoms with Gasteiger partial charge in [0.15, 0.2) is 5.78 Å². The number of hydrogen-bond acceptors (Lipinski definition) is 3. The second-order valence-electron chi connectivity index (χ2n) is 4.69. The summed E-state index contributed by atoms with van der Waals surface area (Å²) in [6.45, 7) is 1.28. The highest BCUT2D eigenvalue weighted by Gasteiger charge is 2.41. The molecule has 0 radical (unpaired) electrons. The average Bonchev–Trinajstić information content (AvgIpc) is 2.38. The summed E-state index contributed by atoms with van der Waals surface area (Å²) in [5.41, 5.74) is 5.92. The van der Waals surface area contributed by atoms with Crippen LogP contribution >= 0.6 is 0 Å². The van der Waals surface area contributed by atoms with Crippen molar-refractivity contribution in [3.05, 3.63) is 35.9 Å². The van der Waals surface area contributed by atoms with Crippen LogP contribution in [0.5, 0.6) is 0 Å². The first-order valence-electron chi connectivity index (χ1n) is 6.18. The summed E-state index contributed by atoms with van der Waals surface area (Å²) in [6.07, 6.45) is -3.19. The van der Waals surface area contributed by atoms with E-state index in [-0.39, 0.29) is 6.42 Å². The Labute approximate surface area is 115 Å². The Bertz CT molecular complexity index is 463. The van der Waals surface area contributed by atoms with Gasteiger partial charge in [-0.3, -0.25) is 9.59 Å². The number of Topliss-reactive ketones (excluding diaryl/α,β-unsaturated/α-hetero) is 1. The Morgan fingerprint density at radius 1 is 1.25 bits per heavy atom. The molecule has 0 fully saturated rings. The number of alkyl halides is 2. The van der Waals surface area contributed by atoms with Crippen LogP contribution in [0.15, 0.2) is 30.3 Å². The molecule has 3 atom stereocenters. The maximum Gasteiger partial charge on any atom is 0.307 e. The molecular formula is C14H17F2NO3. The van der Waals surface area contributed by atoms with E-state index in [1.165, 1.54) is 6.92 Å². The number of nitrogens with two attached hydrogens (primary N) is 1. The lowest BCUT2D eigenvalue weighted by molar-refractivity contribution is -0.151. The van der Waals surface area contributed by atoms with E-state index in [0.29, 0.717) is 5.56 Å². The van der Waals surface area contributed by atoms with E-state index in [0.717, 1.165) is 0 Å². The molecule has 4 nitrogen and oxygen atoms in total. The molecule has 3 N–H and O–H groups in total. The summed E-state index contributed by atoms with van der Waals surface area (Å²) in [5.74, 6) is -5.74. The van der Waals surface area contributed by atoms with Crippen molar-refractivity contribution in [2.24, 2.45) is 17.6 Å². The number of rotatable bonds is 7. The number of carboxylic acids is 1. The second kappa shape index (κ2) is 7.09. The molecule has 0 saturated carbocycles. The van der Waals surface area contributed by atoms with Gasteiger partial charge >= 0.3 is 5.97 Å². The number of aliphatic carboxylic acids is 1. The lowest BCUT2D eigenvalue weighted by Gasteiger charge is -2.23. The molecule has 0 bridgehead atoms. The van der Waals surface area contributed by atoms with Crippen LogP contribution in [0, 0.1) is 11.8 Å². The van der Waals surface area contributed by atoms with Crippen LogP contribution in [0.4, 0.5) is 8.78 Å². The summed E-state index contributed by atoms with van der Waals surface area (Å²) in [5, 5.41) is 9.16. The van der Waals surface area contributed by atoms with E-state index in [1.54, 1.807) is 30.3 Å². The third kappa shape index (κ3) is 4.09. The predicted molar refractivity (Wildman–Crippen MR) is 69.4 cm³/mol. The highest BCUT2D eigenvalue weighted by Crippen LogP contribution is 2.26. The van der Waals surface area contributed by atoms with Crippen LogP contribution < -0.4 is 5.73 Å². The molecular weight excluding hydrogens is 268 g/mol. The molecule has 3 unspecified atom stereocenters. The molecule has 0 amide bonds. The maximum absolute atomic E-state index is 13.1. The van der Waals surface area contributed by atoms with Crippen LogP contribution in [-0.2, 0) is 16.0 Å². The average molecular weight is 285 g/mol. The first-order chi connectivity index (χ1) is 9.34. The Hall–Kier alpha value is -1.82. The van der Waals surface area contributed by atoms with Gasteiger partial charge in [-0.2, -0.15) is 0 Å². The highest BCUT2D eigenvalue weighted by atomic mass is 19.3. The van der Waals surface area contributed by atoms with E-state index in [2.05, 4.69) is 0 Å². The van der Waals surface area contributed by atoms with Crippen molar-refractivity contribution in [3.8, 4) is 0 Å². The van der Waals surface area contributed by atoms with Gasteiger partial charge in [0, 0.05) is 0 Å².